The quantitative estimate of drug-likeness (QED) is 0.298. The first-order chi connectivity index (χ1) is 7.05. The van der Waals surface area contributed by atoms with E-state index in [0.717, 1.165) is 6.08 Å². The van der Waals surface area contributed by atoms with Gasteiger partial charge in [0.05, 0.1) is 0 Å². The number of hydrogen-bond donors (Lipinski definition) is 3. The maximum absolute atomic E-state index is 11.5. The summed E-state index contributed by atoms with van der Waals surface area (Å²) in [6, 6.07) is 0. The Kier molecular flexibility index (Phi) is 5.81. The van der Waals surface area contributed by atoms with E-state index < -0.39 is 17.3 Å². The molecule has 0 aliphatic heterocycles. The molecule has 0 spiro atoms. The first-order valence-corrected chi connectivity index (χ1v) is 4.84. The Balaban J connectivity index is 4.74. The highest BCUT2D eigenvalue weighted by Gasteiger charge is 2.42. The van der Waals surface area contributed by atoms with Crippen LogP contribution in [0.4, 0.5) is 0 Å². The fourth-order valence-corrected chi connectivity index (χ4v) is 1.40. The molecule has 0 aromatic rings. The van der Waals surface area contributed by atoms with Gasteiger partial charge in [0.15, 0.2) is 11.3 Å². The number of carbonyl (C=O) groups excluding carboxylic acids is 1. The van der Waals surface area contributed by atoms with Gasteiger partial charge >= 0.3 is 5.97 Å². The Morgan fingerprint density at radius 3 is 2.47 bits per heavy atom. The summed E-state index contributed by atoms with van der Waals surface area (Å²) in [6.07, 6.45) is 2.54. The zero-order valence-corrected chi connectivity index (χ0v) is 8.95. The van der Waals surface area contributed by atoms with E-state index in [4.69, 9.17) is 10.8 Å². The molecular weight excluding hydrogens is 196 g/mol. The number of ketones is 1. The molecule has 0 aliphatic carbocycles. The molecule has 1 atom stereocenters. The Labute approximate surface area is 89.3 Å². The molecule has 0 aromatic heterocycles. The molecule has 15 heavy (non-hydrogen) atoms. The van der Waals surface area contributed by atoms with E-state index in [-0.39, 0.29) is 6.42 Å². The summed E-state index contributed by atoms with van der Waals surface area (Å²) in [5.41, 5.74) is 3.77. The normalized spacial score (nSPS) is 14.3. The highest BCUT2D eigenvalue weighted by atomic mass is 16.4. The minimum atomic E-state index is -1.54. The molecule has 0 saturated heterocycles. The number of carboxylic acid groups (broad SMARTS) is 1. The van der Waals surface area contributed by atoms with Crippen LogP contribution in [0.2, 0.25) is 0 Å². The van der Waals surface area contributed by atoms with E-state index in [9.17, 15) is 9.59 Å². The molecule has 5 nitrogen and oxygen atoms in total. The van der Waals surface area contributed by atoms with Gasteiger partial charge in [-0.25, -0.2) is 4.79 Å². The molecule has 0 heterocycles. The first-order valence-electron chi connectivity index (χ1n) is 4.84. The van der Waals surface area contributed by atoms with Crippen LogP contribution in [-0.4, -0.2) is 36.0 Å². The van der Waals surface area contributed by atoms with Gasteiger partial charge < -0.3 is 10.8 Å². The lowest BCUT2D eigenvalue weighted by molar-refractivity contribution is -0.149. The Morgan fingerprint density at radius 2 is 2.13 bits per heavy atom. The number of carboxylic acids is 1. The van der Waals surface area contributed by atoms with Crippen molar-refractivity contribution in [3.63, 3.8) is 0 Å². The minimum Gasteiger partial charge on any atom is -0.480 e. The molecular formula is C10H18N2O3. The lowest BCUT2D eigenvalue weighted by Crippen LogP contribution is -2.56. The Bertz CT molecular complexity index is 253. The number of likely N-dealkylation sites (N-methyl/N-ethyl adjacent to an activating group) is 1. The lowest BCUT2D eigenvalue weighted by atomic mass is 9.88. The second-order valence-electron chi connectivity index (χ2n) is 3.27. The fourth-order valence-electron chi connectivity index (χ4n) is 1.40. The number of carbonyl (C=O) groups is 2. The molecule has 0 fully saturated rings. The second-order valence-corrected chi connectivity index (χ2v) is 3.27. The van der Waals surface area contributed by atoms with Crippen LogP contribution in [-0.2, 0) is 9.59 Å². The summed E-state index contributed by atoms with van der Waals surface area (Å²) in [7, 11) is 1.46. The standard InChI is InChI=1S/C10H18N2O3/c1-3-8(13)10(12-2,9(14)15)6-4-5-7-11/h3,12H,1,4-7,11H2,2H3,(H,14,15)/t10-/m1/s1. The number of hydrogen-bond acceptors (Lipinski definition) is 4. The van der Waals surface area contributed by atoms with E-state index in [1.54, 1.807) is 0 Å². The summed E-state index contributed by atoms with van der Waals surface area (Å²) in [5.74, 6) is -1.69. The van der Waals surface area contributed by atoms with Crippen LogP contribution in [0.3, 0.4) is 0 Å². The third-order valence-electron chi connectivity index (χ3n) is 2.40. The summed E-state index contributed by atoms with van der Waals surface area (Å²) in [6.45, 7) is 3.80. The van der Waals surface area contributed by atoms with Crippen LogP contribution >= 0.6 is 0 Å². The zero-order chi connectivity index (χ0) is 11.9. The average Bonchev–Trinajstić information content (AvgIpc) is 2.23. The number of unbranched alkanes of at least 4 members (excludes halogenated alkanes) is 1. The molecule has 0 rings (SSSR count). The van der Waals surface area contributed by atoms with Gasteiger partial charge in [-0.05, 0) is 38.9 Å². The van der Waals surface area contributed by atoms with Gasteiger partial charge in [0.25, 0.3) is 0 Å². The highest BCUT2D eigenvalue weighted by Crippen LogP contribution is 2.16. The largest absolute Gasteiger partial charge is 0.480 e. The first kappa shape index (κ1) is 13.8. The van der Waals surface area contributed by atoms with Gasteiger partial charge in [-0.1, -0.05) is 6.58 Å². The number of aliphatic carboxylic acids is 1. The van der Waals surface area contributed by atoms with Crippen molar-refractivity contribution in [1.82, 2.24) is 5.32 Å². The summed E-state index contributed by atoms with van der Waals surface area (Å²) < 4.78 is 0. The van der Waals surface area contributed by atoms with Crippen LogP contribution in [0, 0.1) is 0 Å². The smallest absolute Gasteiger partial charge is 0.332 e. The van der Waals surface area contributed by atoms with Crippen molar-refractivity contribution in [2.45, 2.75) is 24.8 Å². The second kappa shape index (κ2) is 6.31. The number of nitrogens with one attached hydrogen (secondary N) is 1. The van der Waals surface area contributed by atoms with Gasteiger partial charge in [-0.15, -0.1) is 0 Å². The van der Waals surface area contributed by atoms with E-state index >= 15 is 0 Å². The SMILES string of the molecule is C=CC(=O)[C@@](CCCCN)(NC)C(=O)O. The van der Waals surface area contributed by atoms with Crippen LogP contribution < -0.4 is 11.1 Å². The highest BCUT2D eigenvalue weighted by molar-refractivity contribution is 6.12. The lowest BCUT2D eigenvalue weighted by Gasteiger charge is -2.26. The van der Waals surface area contributed by atoms with E-state index in [1.807, 2.05) is 0 Å². The summed E-state index contributed by atoms with van der Waals surface area (Å²) in [5, 5.41) is 11.6. The van der Waals surface area contributed by atoms with E-state index in [2.05, 4.69) is 11.9 Å². The molecule has 86 valence electrons. The predicted octanol–water partition coefficient (Wildman–Crippen LogP) is -0.0867. The molecule has 0 radical (unpaired) electrons. The van der Waals surface area contributed by atoms with E-state index in [0.29, 0.717) is 19.4 Å². The predicted molar refractivity (Wildman–Crippen MR) is 57.5 cm³/mol. The number of rotatable bonds is 8. The van der Waals surface area contributed by atoms with Crippen molar-refractivity contribution in [3.05, 3.63) is 12.7 Å². The van der Waals surface area contributed by atoms with Gasteiger partial charge in [0.1, 0.15) is 0 Å². The average molecular weight is 214 g/mol. The van der Waals surface area contributed by atoms with Crippen molar-refractivity contribution in [2.24, 2.45) is 5.73 Å². The molecule has 5 heteroatoms. The van der Waals surface area contributed by atoms with Gasteiger partial charge in [-0.3, -0.25) is 10.1 Å². The molecule has 0 saturated carbocycles. The number of nitrogens with two attached hydrogens (primary N) is 1. The van der Waals surface area contributed by atoms with Gasteiger partial charge in [0, 0.05) is 0 Å². The maximum atomic E-state index is 11.5. The topological polar surface area (TPSA) is 92.4 Å². The van der Waals surface area contributed by atoms with Crippen molar-refractivity contribution < 1.29 is 14.7 Å². The van der Waals surface area contributed by atoms with Crippen LogP contribution in [0.5, 0.6) is 0 Å². The fraction of sp³-hybridized carbons (Fsp3) is 0.600. The van der Waals surface area contributed by atoms with Crippen molar-refractivity contribution >= 4 is 11.8 Å². The van der Waals surface area contributed by atoms with Crippen molar-refractivity contribution in [2.75, 3.05) is 13.6 Å². The Morgan fingerprint density at radius 1 is 1.53 bits per heavy atom. The van der Waals surface area contributed by atoms with Crippen LogP contribution in [0.25, 0.3) is 0 Å². The molecule has 0 aliphatic rings. The van der Waals surface area contributed by atoms with Crippen molar-refractivity contribution in [1.29, 1.82) is 0 Å². The molecule has 0 aromatic carbocycles. The third kappa shape index (κ3) is 3.14. The van der Waals surface area contributed by atoms with Gasteiger partial charge in [0.2, 0.25) is 0 Å². The van der Waals surface area contributed by atoms with Gasteiger partial charge in [-0.2, -0.15) is 0 Å². The summed E-state index contributed by atoms with van der Waals surface area (Å²) in [4.78, 5) is 22.6. The monoisotopic (exact) mass is 214 g/mol. The van der Waals surface area contributed by atoms with E-state index in [1.165, 1.54) is 7.05 Å². The van der Waals surface area contributed by atoms with Crippen molar-refractivity contribution in [3.8, 4) is 0 Å². The minimum absolute atomic E-state index is 0.223. The van der Waals surface area contributed by atoms with Crippen LogP contribution in [0.1, 0.15) is 19.3 Å². The summed E-state index contributed by atoms with van der Waals surface area (Å²) >= 11 is 0. The molecule has 0 unspecified atom stereocenters. The zero-order valence-electron chi connectivity index (χ0n) is 8.95. The Hall–Kier alpha value is -1.20. The van der Waals surface area contributed by atoms with Crippen LogP contribution in [0.15, 0.2) is 12.7 Å². The third-order valence-corrected chi connectivity index (χ3v) is 2.40. The molecule has 0 amide bonds. The molecule has 4 N–H and O–H groups in total. The maximum Gasteiger partial charge on any atom is 0.332 e. The molecule has 0 bridgehead atoms.